The third-order valence-electron chi connectivity index (χ3n) is 4.33. The second-order valence-corrected chi connectivity index (χ2v) is 8.53. The molecule has 1 fully saturated rings. The molecular weight excluding hydrogens is 328 g/mol. The summed E-state index contributed by atoms with van der Waals surface area (Å²) in [7, 11) is -1.80. The molecule has 0 bridgehead atoms. The summed E-state index contributed by atoms with van der Waals surface area (Å²) < 4.78 is 30.0. The van der Waals surface area contributed by atoms with E-state index < -0.39 is 16.1 Å². The van der Waals surface area contributed by atoms with Crippen molar-refractivity contribution >= 4 is 21.6 Å². The Morgan fingerprint density at radius 3 is 2.50 bits per heavy atom. The lowest BCUT2D eigenvalue weighted by Gasteiger charge is -2.32. The third-order valence-corrected chi connectivity index (χ3v) is 5.53. The Balaban J connectivity index is 1.99. The van der Waals surface area contributed by atoms with Crippen molar-refractivity contribution in [1.29, 1.82) is 0 Å². The van der Waals surface area contributed by atoms with Crippen LogP contribution in [-0.4, -0.2) is 51.7 Å². The Hall–Kier alpha value is -1.76. The molecule has 0 N–H and O–H groups in total. The fourth-order valence-electron chi connectivity index (χ4n) is 2.83. The molecule has 1 aromatic rings. The number of rotatable bonds is 5. The van der Waals surface area contributed by atoms with Gasteiger partial charge in [-0.05, 0) is 49.9 Å². The number of likely N-dealkylation sites (tertiary alicyclic amines) is 1. The van der Waals surface area contributed by atoms with Gasteiger partial charge < -0.3 is 9.64 Å². The summed E-state index contributed by atoms with van der Waals surface area (Å²) in [6.45, 7) is 5.47. The maximum Gasteiger partial charge on any atom is 0.263 e. The molecule has 24 heavy (non-hydrogen) atoms. The zero-order valence-electron chi connectivity index (χ0n) is 14.7. The van der Waals surface area contributed by atoms with Crippen LogP contribution in [0.2, 0.25) is 0 Å². The van der Waals surface area contributed by atoms with Crippen LogP contribution in [0.15, 0.2) is 24.3 Å². The highest BCUT2D eigenvalue weighted by atomic mass is 32.2. The number of sulfonamides is 1. The summed E-state index contributed by atoms with van der Waals surface area (Å²) in [5, 5.41) is 0. The van der Waals surface area contributed by atoms with E-state index in [0.717, 1.165) is 32.2 Å². The maximum atomic E-state index is 12.5. The fourth-order valence-corrected chi connectivity index (χ4v) is 3.33. The van der Waals surface area contributed by atoms with Crippen molar-refractivity contribution in [2.45, 2.75) is 32.8 Å². The molecule has 2 atom stereocenters. The van der Waals surface area contributed by atoms with Crippen LogP contribution in [0.4, 0.5) is 5.69 Å². The normalized spacial score (nSPS) is 19.7. The Labute approximate surface area is 144 Å². The molecule has 0 saturated carbocycles. The second-order valence-electron chi connectivity index (χ2n) is 6.52. The molecule has 2 rings (SSSR count). The Morgan fingerprint density at radius 2 is 1.96 bits per heavy atom. The van der Waals surface area contributed by atoms with E-state index in [1.165, 1.54) is 11.4 Å². The molecule has 1 aliphatic rings. The van der Waals surface area contributed by atoms with E-state index >= 15 is 0 Å². The van der Waals surface area contributed by atoms with Crippen molar-refractivity contribution in [3.05, 3.63) is 24.3 Å². The first kappa shape index (κ1) is 18.6. The lowest BCUT2D eigenvalue weighted by Crippen LogP contribution is -2.45. The van der Waals surface area contributed by atoms with Crippen molar-refractivity contribution in [2.75, 3.05) is 30.7 Å². The first-order valence-corrected chi connectivity index (χ1v) is 10.0. The Kier molecular flexibility index (Phi) is 5.74. The van der Waals surface area contributed by atoms with Crippen molar-refractivity contribution in [3.8, 4) is 5.75 Å². The smallest absolute Gasteiger partial charge is 0.263 e. The summed E-state index contributed by atoms with van der Waals surface area (Å²) in [4.78, 5) is 14.3. The van der Waals surface area contributed by atoms with Crippen molar-refractivity contribution in [1.82, 2.24) is 4.90 Å². The van der Waals surface area contributed by atoms with Gasteiger partial charge in [0.15, 0.2) is 6.10 Å². The topological polar surface area (TPSA) is 66.9 Å². The van der Waals surface area contributed by atoms with Crippen LogP contribution in [-0.2, 0) is 14.8 Å². The molecule has 0 unspecified atom stereocenters. The molecule has 1 saturated heterocycles. The zero-order valence-corrected chi connectivity index (χ0v) is 15.5. The van der Waals surface area contributed by atoms with Crippen molar-refractivity contribution < 1.29 is 17.9 Å². The van der Waals surface area contributed by atoms with Gasteiger partial charge in [-0.25, -0.2) is 8.42 Å². The summed E-state index contributed by atoms with van der Waals surface area (Å²) in [5.74, 6) is 1.08. The van der Waals surface area contributed by atoms with E-state index in [4.69, 9.17) is 4.74 Å². The number of ether oxygens (including phenoxy) is 1. The fraction of sp³-hybridized carbons (Fsp3) is 0.588. The number of anilines is 1. The van der Waals surface area contributed by atoms with E-state index in [-0.39, 0.29) is 5.91 Å². The molecule has 0 aromatic heterocycles. The highest BCUT2D eigenvalue weighted by Crippen LogP contribution is 2.22. The lowest BCUT2D eigenvalue weighted by atomic mass is 10.00. The summed E-state index contributed by atoms with van der Waals surface area (Å²) in [5.41, 5.74) is 0.550. The second kappa shape index (κ2) is 7.42. The van der Waals surface area contributed by atoms with Gasteiger partial charge in [-0.15, -0.1) is 0 Å². The number of carbonyl (C=O) groups is 1. The molecule has 0 spiro atoms. The van der Waals surface area contributed by atoms with Gasteiger partial charge in [-0.3, -0.25) is 9.10 Å². The van der Waals surface area contributed by atoms with Crippen LogP contribution in [0.5, 0.6) is 5.75 Å². The summed E-state index contributed by atoms with van der Waals surface area (Å²) in [6.07, 6.45) is 2.78. The minimum Gasteiger partial charge on any atom is -0.481 e. The van der Waals surface area contributed by atoms with Crippen LogP contribution in [0.3, 0.4) is 0 Å². The van der Waals surface area contributed by atoms with Gasteiger partial charge >= 0.3 is 0 Å². The monoisotopic (exact) mass is 354 g/mol. The van der Waals surface area contributed by atoms with E-state index in [2.05, 4.69) is 6.92 Å². The SMILES string of the molecule is C[C@@H]1CCCN(C(=O)[C@H](C)Oc2ccc(N(C)S(C)(=O)=O)cc2)C1. The number of benzene rings is 1. The van der Waals surface area contributed by atoms with E-state index in [1.54, 1.807) is 31.2 Å². The third kappa shape index (κ3) is 4.63. The average molecular weight is 354 g/mol. The Morgan fingerprint density at radius 1 is 1.33 bits per heavy atom. The number of amides is 1. The van der Waals surface area contributed by atoms with Gasteiger partial charge in [-0.2, -0.15) is 0 Å². The predicted molar refractivity (Wildman–Crippen MR) is 94.8 cm³/mol. The van der Waals surface area contributed by atoms with Gasteiger partial charge in [-0.1, -0.05) is 6.92 Å². The quantitative estimate of drug-likeness (QED) is 0.812. The molecule has 134 valence electrons. The summed E-state index contributed by atoms with van der Waals surface area (Å²) in [6, 6.07) is 6.69. The van der Waals surface area contributed by atoms with Gasteiger partial charge in [0.05, 0.1) is 11.9 Å². The van der Waals surface area contributed by atoms with Crippen LogP contribution in [0.25, 0.3) is 0 Å². The van der Waals surface area contributed by atoms with E-state index in [1.807, 2.05) is 4.90 Å². The molecule has 7 heteroatoms. The van der Waals surface area contributed by atoms with Crippen LogP contribution in [0.1, 0.15) is 26.7 Å². The standard InChI is InChI=1S/C17H26N2O4S/c1-13-6-5-11-19(12-13)17(20)14(2)23-16-9-7-15(8-10-16)18(3)24(4,21)22/h7-10,13-14H,5-6,11-12H2,1-4H3/t13-,14+/m1/s1. The van der Waals surface area contributed by atoms with Crippen molar-refractivity contribution in [2.24, 2.45) is 5.92 Å². The largest absolute Gasteiger partial charge is 0.481 e. The molecule has 1 aromatic carbocycles. The van der Waals surface area contributed by atoms with Gasteiger partial charge in [0.2, 0.25) is 10.0 Å². The molecule has 1 amide bonds. The molecule has 1 heterocycles. The number of carbonyl (C=O) groups excluding carboxylic acids is 1. The Bertz CT molecular complexity index is 672. The predicted octanol–water partition coefficient (Wildman–Crippen LogP) is 2.11. The minimum absolute atomic E-state index is 0.00104. The van der Waals surface area contributed by atoms with E-state index in [9.17, 15) is 13.2 Å². The number of hydrogen-bond acceptors (Lipinski definition) is 4. The van der Waals surface area contributed by atoms with E-state index in [0.29, 0.717) is 17.4 Å². The highest BCUT2D eigenvalue weighted by molar-refractivity contribution is 7.92. The number of piperidine rings is 1. The minimum atomic E-state index is -3.29. The van der Waals surface area contributed by atoms with Gasteiger partial charge in [0.1, 0.15) is 5.75 Å². The lowest BCUT2D eigenvalue weighted by molar-refractivity contribution is -0.139. The van der Waals surface area contributed by atoms with Crippen LogP contribution in [0, 0.1) is 5.92 Å². The van der Waals surface area contributed by atoms with Crippen LogP contribution >= 0.6 is 0 Å². The first-order chi connectivity index (χ1) is 11.2. The zero-order chi connectivity index (χ0) is 17.9. The first-order valence-electron chi connectivity index (χ1n) is 8.18. The van der Waals surface area contributed by atoms with Crippen LogP contribution < -0.4 is 9.04 Å². The molecule has 0 aliphatic carbocycles. The number of hydrogen-bond donors (Lipinski definition) is 0. The molecule has 0 radical (unpaired) electrons. The molecular formula is C17H26N2O4S. The highest BCUT2D eigenvalue weighted by Gasteiger charge is 2.26. The van der Waals surface area contributed by atoms with Gasteiger partial charge in [0.25, 0.3) is 5.91 Å². The van der Waals surface area contributed by atoms with Gasteiger partial charge in [0, 0.05) is 20.1 Å². The summed E-state index contributed by atoms with van der Waals surface area (Å²) >= 11 is 0. The average Bonchev–Trinajstić information content (AvgIpc) is 2.53. The molecule has 1 aliphatic heterocycles. The number of nitrogens with zero attached hydrogens (tertiary/aromatic N) is 2. The molecule has 6 nitrogen and oxygen atoms in total. The van der Waals surface area contributed by atoms with Crippen molar-refractivity contribution in [3.63, 3.8) is 0 Å². The maximum absolute atomic E-state index is 12.5.